The molecule has 2 aliphatic rings. The Morgan fingerprint density at radius 1 is 0.488 bits per heavy atom. The van der Waals surface area contributed by atoms with Crippen molar-refractivity contribution in [2.45, 2.75) is 90.1 Å². The molecule has 1 saturated heterocycles. The number of benzene rings is 3. The fourth-order valence-electron chi connectivity index (χ4n) is 13.4. The zero-order valence-electron chi connectivity index (χ0n) is 69.7. The fraction of sp³-hybridized carbons (Fsp3) is 0.291. The molecular formula is C86H82F15N17O7S4. The highest BCUT2D eigenvalue weighted by molar-refractivity contribution is 7.18. The Morgan fingerprint density at radius 3 is 1.29 bits per heavy atom. The summed E-state index contributed by atoms with van der Waals surface area (Å²) < 4.78 is 199. The lowest BCUT2D eigenvalue weighted by Gasteiger charge is -2.21. The van der Waals surface area contributed by atoms with E-state index in [-0.39, 0.29) is 84.1 Å². The minimum Gasteiger partial charge on any atom is -0.395 e. The first kappa shape index (κ1) is 97.0. The second-order valence-electron chi connectivity index (χ2n) is 29.1. The molecular weight excluding hydrogens is 1800 g/mol. The number of carbonyl (C=O) groups is 5. The van der Waals surface area contributed by atoms with E-state index in [2.05, 4.69) is 47.2 Å². The second kappa shape index (κ2) is 41.2. The van der Waals surface area contributed by atoms with Crippen LogP contribution in [0.4, 0.5) is 77.2 Å². The lowest BCUT2D eigenvalue weighted by atomic mass is 10.1. The molecule has 15 rings (SSSR count). The summed E-state index contributed by atoms with van der Waals surface area (Å²) in [5.41, 5.74) is 2.56. The fourth-order valence-corrected chi connectivity index (χ4v) is 17.0. The third kappa shape index (κ3) is 25.1. The summed E-state index contributed by atoms with van der Waals surface area (Å²) in [6.07, 6.45) is -12.8. The topological polar surface area (TPSA) is 267 Å². The molecule has 3 aromatic carbocycles. The summed E-state index contributed by atoms with van der Waals surface area (Å²) in [6.45, 7) is 8.64. The summed E-state index contributed by atoms with van der Waals surface area (Å²) in [4.78, 5) is 74.6. The van der Waals surface area contributed by atoms with Crippen LogP contribution in [0.15, 0.2) is 194 Å². The minimum absolute atomic E-state index is 0.109. The van der Waals surface area contributed by atoms with Gasteiger partial charge in [-0.3, -0.25) is 47.4 Å². The van der Waals surface area contributed by atoms with Crippen molar-refractivity contribution in [3.63, 3.8) is 0 Å². The quantitative estimate of drug-likeness (QED) is 0.0386. The molecule has 0 unspecified atom stereocenters. The smallest absolute Gasteiger partial charge is 0.395 e. The summed E-state index contributed by atoms with van der Waals surface area (Å²) >= 11 is 4.40. The molecule has 1 aliphatic heterocycles. The van der Waals surface area contributed by atoms with E-state index in [1.807, 2.05) is 80.1 Å². The van der Waals surface area contributed by atoms with E-state index >= 15 is 0 Å². The van der Waals surface area contributed by atoms with Crippen LogP contribution in [0.25, 0.3) is 47.9 Å². The first-order valence-corrected chi connectivity index (χ1v) is 42.4. The van der Waals surface area contributed by atoms with E-state index in [1.165, 1.54) is 40.1 Å². The Labute approximate surface area is 743 Å². The van der Waals surface area contributed by atoms with Crippen LogP contribution in [0.3, 0.4) is 0 Å². The Morgan fingerprint density at radius 2 is 0.891 bits per heavy atom. The van der Waals surface area contributed by atoms with Gasteiger partial charge in [0.1, 0.15) is 51.2 Å². The highest BCUT2D eigenvalue weighted by Gasteiger charge is 2.40. The van der Waals surface area contributed by atoms with E-state index in [1.54, 1.807) is 107 Å². The van der Waals surface area contributed by atoms with Gasteiger partial charge in [-0.1, -0.05) is 77.9 Å². The molecule has 0 bridgehead atoms. The van der Waals surface area contributed by atoms with Gasteiger partial charge in [-0.05, 0) is 148 Å². The number of β-amino-alcohol motifs (C(OH)–C–C–N with tert-alkyl or cyclic N) is 1. The van der Waals surface area contributed by atoms with Crippen LogP contribution in [0.2, 0.25) is 0 Å². The van der Waals surface area contributed by atoms with Crippen LogP contribution >= 0.6 is 45.3 Å². The van der Waals surface area contributed by atoms with Gasteiger partial charge in [-0.2, -0.15) is 91.3 Å². The van der Waals surface area contributed by atoms with Crippen molar-refractivity contribution < 1.29 is 100 Å². The maximum atomic E-state index is 12.9. The monoisotopic (exact) mass is 1880 g/mol. The van der Waals surface area contributed by atoms with Crippen LogP contribution < -0.4 is 20.4 Å². The predicted molar refractivity (Wildman–Crippen MR) is 457 cm³/mol. The van der Waals surface area contributed by atoms with E-state index in [9.17, 15) is 100 Å². The number of halogens is 15. The number of alkyl halides is 15. The largest absolute Gasteiger partial charge is 0.433 e. The molecule has 4 N–H and O–H groups in total. The normalized spacial score (nSPS) is 13.4. The first-order chi connectivity index (χ1) is 60.8. The Bertz CT molecular complexity index is 6100. The summed E-state index contributed by atoms with van der Waals surface area (Å²) in [5.74, 6) is -1.23. The van der Waals surface area contributed by atoms with Crippen LogP contribution in [-0.4, -0.2) is 149 Å². The summed E-state index contributed by atoms with van der Waals surface area (Å²) in [5, 5.41) is 43.9. The number of para-hydroxylation sites is 2. The summed E-state index contributed by atoms with van der Waals surface area (Å²) in [6, 6.07) is 41.8. The van der Waals surface area contributed by atoms with E-state index < -0.39 is 65.5 Å². The van der Waals surface area contributed by atoms with E-state index in [0.717, 1.165) is 134 Å². The van der Waals surface area contributed by atoms with E-state index in [4.69, 9.17) is 0 Å². The number of amides is 5. The molecule has 0 saturated carbocycles. The van der Waals surface area contributed by atoms with Crippen molar-refractivity contribution in [2.75, 3.05) is 49.1 Å². The van der Waals surface area contributed by atoms with Gasteiger partial charge in [0, 0.05) is 117 Å². The Kier molecular flexibility index (Phi) is 31.0. The molecule has 5 amide bonds. The number of allylic oxidation sites excluding steroid dienone is 3. The molecule has 129 heavy (non-hydrogen) atoms. The Hall–Kier alpha value is -12.6. The van der Waals surface area contributed by atoms with E-state index in [0.29, 0.717) is 88.5 Å². The molecule has 10 aromatic heterocycles. The second-order valence-corrected chi connectivity index (χ2v) is 33.4. The van der Waals surface area contributed by atoms with Gasteiger partial charge < -0.3 is 40.1 Å². The third-order valence-corrected chi connectivity index (χ3v) is 23.9. The number of aromatic nitrogens is 12. The Balaban J connectivity index is 0.000000156. The predicted octanol–water partition coefficient (Wildman–Crippen LogP) is 18.3. The molecule has 0 spiro atoms. The average Bonchev–Trinajstić information content (AvgIpc) is 1.65. The van der Waals surface area contributed by atoms with Gasteiger partial charge in [0.2, 0.25) is 5.91 Å². The molecule has 11 heterocycles. The van der Waals surface area contributed by atoms with Crippen molar-refractivity contribution in [1.82, 2.24) is 74.0 Å². The van der Waals surface area contributed by atoms with Crippen LogP contribution in [0.1, 0.15) is 116 Å². The number of aliphatic hydroxyl groups is 2. The third-order valence-electron chi connectivity index (χ3n) is 19.5. The number of aryl methyl sites for hydroxylation is 8. The van der Waals surface area contributed by atoms with Crippen LogP contribution in [0.5, 0.6) is 0 Å². The van der Waals surface area contributed by atoms with Crippen LogP contribution in [-0.2, 0) is 84.0 Å². The van der Waals surface area contributed by atoms with Gasteiger partial charge in [-0.15, -0.1) is 45.3 Å². The molecule has 13 aromatic rings. The number of thiophene rings is 4. The number of nitrogens with one attached hydrogen (secondary N) is 2. The number of hydrogen-bond acceptors (Lipinski definition) is 17. The van der Waals surface area contributed by atoms with Crippen molar-refractivity contribution in [1.29, 1.82) is 0 Å². The zero-order chi connectivity index (χ0) is 93.8. The van der Waals surface area contributed by atoms with Crippen molar-refractivity contribution >= 4 is 91.8 Å². The molecule has 1 atom stereocenters. The lowest BCUT2D eigenvalue weighted by Crippen LogP contribution is -2.32. The standard InChI is InChI=1S/C19H18F3N3OS.C18H16F3N3O2S.C18H16F3N3OS.C17H18F3N5O.C14H14F3N3O2S/c1-11-6-12(2)8-13(7-11)10-23-18(26)16-5-4-15(27-16)14-9-17(19(20,21)22)25(3)24-14;1-23-16(18(19,20)21)11-13(22-23)14-7-8-15(27-14)17(26)24(9-10-25)12-5-3-2-4-6-12;1-3-24(12-7-5-4-6-8-12)17(25)15-10-9-14(26-15)13-11-16(18(19,20)21)23(2)22-13;1-24-15(17(18,19)20)10-14(23-24)12-3-4-13(9-12)16(26)22-5-2-7-25-8-6-21-11-25;1-19-12(14(15,16)17)6-9(18-19)10-2-3-11(23-10)13(22)20-5-4-8(21)7-20/h4-9H,10H2,1-3H3,(H,23,26);2-8,11,25H,9-10H2,1H3;4-11H,3H2,1-2H3;3-4,6,8,10-11H,2,5,7,9H2,1H3,(H,22,26);2-3,6,8,21H,4-5,7H2,1H3/t;;;;8-/m....1/s1. The maximum Gasteiger partial charge on any atom is 0.433 e. The molecule has 43 heteroatoms. The number of imidazole rings is 1. The van der Waals surface area contributed by atoms with Crippen molar-refractivity contribution in [3.8, 4) is 42.3 Å². The van der Waals surface area contributed by atoms with Gasteiger partial charge in [0.05, 0.1) is 63.7 Å². The molecule has 1 aliphatic carbocycles. The van der Waals surface area contributed by atoms with Crippen molar-refractivity contribution in [3.05, 3.63) is 265 Å². The highest BCUT2D eigenvalue weighted by atomic mass is 32.1. The number of likely N-dealkylation sites (tertiary alicyclic amines) is 1. The maximum absolute atomic E-state index is 12.9. The van der Waals surface area contributed by atoms with Gasteiger partial charge in [0.25, 0.3) is 23.6 Å². The van der Waals surface area contributed by atoms with Gasteiger partial charge in [0.15, 0.2) is 0 Å². The molecule has 682 valence electrons. The number of hydrogen-bond donors (Lipinski definition) is 4. The number of anilines is 2. The highest BCUT2D eigenvalue weighted by Crippen LogP contribution is 2.41. The lowest BCUT2D eigenvalue weighted by molar-refractivity contribution is -0.144. The SMILES string of the molecule is CCN(C(=O)c1ccc(-c2cc(C(F)(F)F)n(C)n2)s1)c1ccccc1.Cc1cc(C)cc(CNC(=O)c2ccc(-c3cc(C(F)(F)F)n(C)n3)s2)c1.Cn1nc(-c2ccc(C(=O)N(CCO)c3ccccc3)s2)cc1C(F)(F)F.Cn1nc(-c2ccc(C(=O)N3CC[C@@H](O)C3)s2)cc1C(F)(F)F.Cn1nc(C2=CC=C(C(=O)NCCCn3ccnc3)C2)cc1C(F)(F)F. The van der Waals surface area contributed by atoms with Crippen LogP contribution in [0, 0.1) is 13.8 Å². The van der Waals surface area contributed by atoms with Gasteiger partial charge >= 0.3 is 30.9 Å². The summed E-state index contributed by atoms with van der Waals surface area (Å²) in [7, 11) is 6.21. The van der Waals surface area contributed by atoms with Gasteiger partial charge in [-0.25, -0.2) is 4.98 Å². The van der Waals surface area contributed by atoms with Crippen molar-refractivity contribution in [2.24, 2.45) is 35.2 Å². The number of rotatable bonds is 21. The average molecular weight is 1880 g/mol. The first-order valence-electron chi connectivity index (χ1n) is 39.1. The molecule has 24 nitrogen and oxygen atoms in total. The number of aliphatic hydroxyl groups excluding tert-OH is 2. The number of carbonyl (C=O) groups excluding carboxylic acids is 5. The number of nitrogens with zero attached hydrogens (tertiary/aromatic N) is 15. The minimum atomic E-state index is -4.50. The molecule has 1 fully saturated rings. The zero-order valence-corrected chi connectivity index (χ0v) is 73.0. The molecule has 0 radical (unpaired) electrons.